The fourth-order valence-corrected chi connectivity index (χ4v) is 3.08. The maximum atomic E-state index is 13.0. The van der Waals surface area contributed by atoms with Crippen molar-refractivity contribution < 1.29 is 18.7 Å². The minimum atomic E-state index is -0.336. The fourth-order valence-electron chi connectivity index (χ4n) is 3.08. The van der Waals surface area contributed by atoms with Crippen LogP contribution in [0.5, 0.6) is 5.75 Å². The van der Waals surface area contributed by atoms with Crippen LogP contribution in [0, 0.1) is 5.82 Å². The van der Waals surface area contributed by atoms with Gasteiger partial charge in [-0.25, -0.2) is 9.07 Å². The maximum Gasteiger partial charge on any atom is 0.274 e. The van der Waals surface area contributed by atoms with Crippen LogP contribution in [0.3, 0.4) is 0 Å². The highest BCUT2D eigenvalue weighted by Crippen LogP contribution is 2.28. The molecular weight excluding hydrogens is 363 g/mol. The lowest BCUT2D eigenvalue weighted by molar-refractivity contribution is -0.00179. The van der Waals surface area contributed by atoms with Gasteiger partial charge in [-0.15, -0.1) is 5.10 Å². The van der Waals surface area contributed by atoms with Crippen LogP contribution in [0.15, 0.2) is 48.5 Å². The molecule has 0 fully saturated rings. The number of hydrogen-bond donors (Lipinski definition) is 1. The van der Waals surface area contributed by atoms with Crippen LogP contribution in [0.4, 0.5) is 4.39 Å². The normalized spacial score (nSPS) is 15.7. The summed E-state index contributed by atoms with van der Waals surface area (Å²) in [7, 11) is 1.62. The predicted octanol–water partition coefficient (Wildman–Crippen LogP) is 2.63. The molecule has 1 aromatic heterocycles. The molecule has 3 aromatic rings. The summed E-state index contributed by atoms with van der Waals surface area (Å²) in [6.45, 7) is 0.990. The van der Waals surface area contributed by atoms with Crippen molar-refractivity contribution in [3.05, 3.63) is 76.9 Å². The number of nitrogens with zero attached hydrogens (tertiary/aromatic N) is 3. The third-order valence-electron chi connectivity index (χ3n) is 4.67. The second kappa shape index (κ2) is 7.77. The number of nitrogens with one attached hydrogen (secondary N) is 1. The van der Waals surface area contributed by atoms with E-state index < -0.39 is 0 Å². The second-order valence-corrected chi connectivity index (χ2v) is 6.45. The summed E-state index contributed by atoms with van der Waals surface area (Å²) in [5, 5.41) is 10.9. The zero-order valence-electron chi connectivity index (χ0n) is 15.3. The first-order valence-corrected chi connectivity index (χ1v) is 8.84. The zero-order valence-corrected chi connectivity index (χ0v) is 15.3. The average Bonchev–Trinajstić information content (AvgIpc) is 3.16. The first-order chi connectivity index (χ1) is 13.6. The summed E-state index contributed by atoms with van der Waals surface area (Å²) in [5.41, 5.74) is 2.69. The largest absolute Gasteiger partial charge is 0.497 e. The van der Waals surface area contributed by atoms with Crippen molar-refractivity contribution in [1.29, 1.82) is 0 Å². The number of methoxy groups -OCH3 is 1. The Morgan fingerprint density at radius 3 is 2.71 bits per heavy atom. The minimum Gasteiger partial charge on any atom is -0.497 e. The first kappa shape index (κ1) is 18.1. The summed E-state index contributed by atoms with van der Waals surface area (Å²) in [6.07, 6.45) is -0.171. The molecule has 144 valence electrons. The van der Waals surface area contributed by atoms with E-state index in [1.807, 2.05) is 24.3 Å². The Morgan fingerprint density at radius 1 is 1.25 bits per heavy atom. The van der Waals surface area contributed by atoms with Gasteiger partial charge in [0.05, 0.1) is 26.0 Å². The molecular formula is C20H19FN4O3. The number of carbonyl (C=O) groups is 1. The zero-order chi connectivity index (χ0) is 19.5. The SMILES string of the molecule is COc1ccc([C@H]2Cn3nnc(C(=O)NCc4ccc(F)cc4)c3CO2)cc1. The van der Waals surface area contributed by atoms with Gasteiger partial charge in [0.2, 0.25) is 0 Å². The standard InChI is InChI=1S/C20H19FN4O3/c1-27-16-8-4-14(5-9-16)18-11-25-17(12-28-18)19(23-24-25)20(26)22-10-13-2-6-15(21)7-3-13/h2-9,18H,10-12H2,1H3,(H,22,26)/t18-/m1/s1. The Kier molecular flexibility index (Phi) is 5.03. The van der Waals surface area contributed by atoms with E-state index in [1.54, 1.807) is 23.9 Å². The van der Waals surface area contributed by atoms with Gasteiger partial charge >= 0.3 is 0 Å². The molecule has 0 bridgehead atoms. The van der Waals surface area contributed by atoms with E-state index in [4.69, 9.17) is 9.47 Å². The third-order valence-corrected chi connectivity index (χ3v) is 4.67. The molecule has 1 atom stereocenters. The topological polar surface area (TPSA) is 78.3 Å². The fraction of sp³-hybridized carbons (Fsp3) is 0.250. The molecule has 2 heterocycles. The lowest BCUT2D eigenvalue weighted by Crippen LogP contribution is -2.27. The molecule has 1 N–H and O–H groups in total. The van der Waals surface area contributed by atoms with Crippen molar-refractivity contribution in [1.82, 2.24) is 20.3 Å². The van der Waals surface area contributed by atoms with Gasteiger partial charge in [-0.3, -0.25) is 4.79 Å². The lowest BCUT2D eigenvalue weighted by atomic mass is 10.1. The number of halogens is 1. The average molecular weight is 382 g/mol. The van der Waals surface area contributed by atoms with Crippen LogP contribution in [0.25, 0.3) is 0 Å². The van der Waals surface area contributed by atoms with E-state index in [-0.39, 0.29) is 36.7 Å². The molecule has 2 aromatic carbocycles. The quantitative estimate of drug-likeness (QED) is 0.734. The van der Waals surface area contributed by atoms with E-state index in [0.717, 1.165) is 16.9 Å². The number of carbonyl (C=O) groups excluding carboxylic acids is 1. The smallest absolute Gasteiger partial charge is 0.274 e. The molecule has 0 saturated heterocycles. The highest BCUT2D eigenvalue weighted by molar-refractivity contribution is 5.93. The number of amides is 1. The Morgan fingerprint density at radius 2 is 2.00 bits per heavy atom. The van der Waals surface area contributed by atoms with Gasteiger partial charge in [0.25, 0.3) is 5.91 Å². The van der Waals surface area contributed by atoms with E-state index in [0.29, 0.717) is 12.2 Å². The predicted molar refractivity (Wildman–Crippen MR) is 98.1 cm³/mol. The number of ether oxygens (including phenoxy) is 2. The maximum absolute atomic E-state index is 13.0. The van der Waals surface area contributed by atoms with Gasteiger partial charge in [-0.2, -0.15) is 0 Å². The van der Waals surface area contributed by atoms with Crippen molar-refractivity contribution in [2.24, 2.45) is 0 Å². The van der Waals surface area contributed by atoms with Gasteiger partial charge in [0, 0.05) is 6.54 Å². The van der Waals surface area contributed by atoms with Crippen molar-refractivity contribution in [3.8, 4) is 5.75 Å². The monoisotopic (exact) mass is 382 g/mol. The summed E-state index contributed by atoms with van der Waals surface area (Å²) in [5.74, 6) is 0.129. The summed E-state index contributed by atoms with van der Waals surface area (Å²) >= 11 is 0. The second-order valence-electron chi connectivity index (χ2n) is 6.45. The Labute approximate surface area is 161 Å². The van der Waals surface area contributed by atoms with E-state index in [2.05, 4.69) is 15.6 Å². The molecule has 7 nitrogen and oxygen atoms in total. The molecule has 0 saturated carbocycles. The number of fused-ring (bicyclic) bond motifs is 1. The van der Waals surface area contributed by atoms with Crippen molar-refractivity contribution in [2.75, 3.05) is 7.11 Å². The van der Waals surface area contributed by atoms with Crippen LogP contribution < -0.4 is 10.1 Å². The summed E-state index contributed by atoms with van der Waals surface area (Å²) < 4.78 is 25.8. The van der Waals surface area contributed by atoms with Crippen LogP contribution in [-0.2, 0) is 24.4 Å². The van der Waals surface area contributed by atoms with Crippen LogP contribution in [-0.4, -0.2) is 28.0 Å². The highest BCUT2D eigenvalue weighted by Gasteiger charge is 2.27. The van der Waals surface area contributed by atoms with E-state index in [9.17, 15) is 9.18 Å². The molecule has 8 heteroatoms. The molecule has 1 aliphatic rings. The molecule has 0 unspecified atom stereocenters. The Bertz CT molecular complexity index is 970. The number of benzene rings is 2. The lowest BCUT2D eigenvalue weighted by Gasteiger charge is -2.24. The first-order valence-electron chi connectivity index (χ1n) is 8.84. The van der Waals surface area contributed by atoms with Crippen molar-refractivity contribution >= 4 is 5.91 Å². The van der Waals surface area contributed by atoms with Crippen molar-refractivity contribution in [2.45, 2.75) is 25.8 Å². The molecule has 0 radical (unpaired) electrons. The van der Waals surface area contributed by atoms with Gasteiger partial charge in [0.15, 0.2) is 5.69 Å². The van der Waals surface area contributed by atoms with Crippen LogP contribution in [0.1, 0.15) is 33.4 Å². The highest BCUT2D eigenvalue weighted by atomic mass is 19.1. The van der Waals surface area contributed by atoms with Gasteiger partial charge in [0.1, 0.15) is 17.7 Å². The van der Waals surface area contributed by atoms with Crippen LogP contribution in [0.2, 0.25) is 0 Å². The molecule has 1 amide bonds. The van der Waals surface area contributed by atoms with Crippen LogP contribution >= 0.6 is 0 Å². The molecule has 0 spiro atoms. The molecule has 28 heavy (non-hydrogen) atoms. The van der Waals surface area contributed by atoms with Gasteiger partial charge in [-0.1, -0.05) is 29.5 Å². The number of aromatic nitrogens is 3. The van der Waals surface area contributed by atoms with Gasteiger partial charge in [-0.05, 0) is 35.4 Å². The molecule has 0 aliphatic carbocycles. The van der Waals surface area contributed by atoms with Crippen molar-refractivity contribution in [3.63, 3.8) is 0 Å². The number of hydrogen-bond acceptors (Lipinski definition) is 5. The minimum absolute atomic E-state index is 0.171. The number of rotatable bonds is 5. The van der Waals surface area contributed by atoms with E-state index in [1.165, 1.54) is 12.1 Å². The summed E-state index contributed by atoms with van der Waals surface area (Å²) in [6, 6.07) is 13.6. The summed E-state index contributed by atoms with van der Waals surface area (Å²) in [4.78, 5) is 12.5. The molecule has 4 rings (SSSR count). The van der Waals surface area contributed by atoms with E-state index >= 15 is 0 Å². The Balaban J connectivity index is 1.42. The van der Waals surface area contributed by atoms with Gasteiger partial charge < -0.3 is 14.8 Å². The Hall–Kier alpha value is -3.26. The third kappa shape index (κ3) is 3.72. The molecule has 1 aliphatic heterocycles.